The van der Waals surface area contributed by atoms with E-state index >= 15 is 0 Å². The lowest BCUT2D eigenvalue weighted by atomic mass is 9.99. The monoisotopic (exact) mass is 469 g/mol. The minimum absolute atomic E-state index is 0.117. The van der Waals surface area contributed by atoms with Crippen LogP contribution in [0.5, 0.6) is 0 Å². The molecule has 35 heavy (non-hydrogen) atoms. The van der Waals surface area contributed by atoms with Gasteiger partial charge in [-0.3, -0.25) is 14.5 Å². The Balaban J connectivity index is 1.59. The molecule has 2 aromatic carbocycles. The van der Waals surface area contributed by atoms with Crippen molar-refractivity contribution in [2.45, 2.75) is 58.3 Å². The highest BCUT2D eigenvalue weighted by Crippen LogP contribution is 2.34. The fraction of sp³-hybridized carbons (Fsp3) is 0.321. The average molecular weight is 470 g/mol. The van der Waals surface area contributed by atoms with Gasteiger partial charge in [0.2, 0.25) is 0 Å². The fourth-order valence-electron chi connectivity index (χ4n) is 4.24. The highest BCUT2D eigenvalue weighted by atomic mass is 16.3. The summed E-state index contributed by atoms with van der Waals surface area (Å²) in [6.45, 7) is 3.47. The van der Waals surface area contributed by atoms with Crippen LogP contribution < -0.4 is 10.6 Å². The van der Waals surface area contributed by atoms with Gasteiger partial charge in [-0.25, -0.2) is 0 Å². The fourth-order valence-corrected chi connectivity index (χ4v) is 4.24. The molecule has 0 bridgehead atoms. The number of rotatable bonds is 10. The minimum Gasteiger partial charge on any atom is -0.392 e. The standard InChI is InChI=1S/C28H31N5O2/c1-2-3-12-33-13-11-25(32-33)22-15-23-26(14-20(22)18-34)29-17-24(28(35)31-21-9-10-21)27(23)30-16-19-7-5-4-6-8-19/h4-8,11,13-15,17,21,34H,2-3,9-10,12,16,18H2,1H3,(H,29,30)(H,31,35). The largest absolute Gasteiger partial charge is 0.392 e. The molecule has 7 heteroatoms. The van der Waals surface area contributed by atoms with E-state index in [1.54, 1.807) is 6.20 Å². The molecular formula is C28H31N5O2. The van der Waals surface area contributed by atoms with Gasteiger partial charge >= 0.3 is 0 Å². The van der Waals surface area contributed by atoms with E-state index in [9.17, 15) is 9.90 Å². The van der Waals surface area contributed by atoms with Crippen LogP contribution in [-0.2, 0) is 19.7 Å². The number of fused-ring (bicyclic) bond motifs is 1. The van der Waals surface area contributed by atoms with Crippen molar-refractivity contribution in [1.29, 1.82) is 0 Å². The second-order valence-corrected chi connectivity index (χ2v) is 9.14. The van der Waals surface area contributed by atoms with Crippen molar-refractivity contribution in [3.8, 4) is 11.3 Å². The Labute approximate surface area is 205 Å². The first-order valence-electron chi connectivity index (χ1n) is 12.3. The third-order valence-corrected chi connectivity index (χ3v) is 6.39. The zero-order valence-corrected chi connectivity index (χ0v) is 20.0. The predicted octanol–water partition coefficient (Wildman–Crippen LogP) is 4.90. The number of aliphatic hydroxyl groups is 1. The van der Waals surface area contributed by atoms with E-state index in [4.69, 9.17) is 5.10 Å². The Kier molecular flexibility index (Phi) is 6.77. The van der Waals surface area contributed by atoms with Crippen LogP contribution in [0.2, 0.25) is 0 Å². The summed E-state index contributed by atoms with van der Waals surface area (Å²) in [5.74, 6) is -0.117. The van der Waals surface area contributed by atoms with Gasteiger partial charge in [0.1, 0.15) is 0 Å². The van der Waals surface area contributed by atoms with E-state index in [1.807, 2.05) is 47.3 Å². The molecule has 180 valence electrons. The Morgan fingerprint density at radius 1 is 1.17 bits per heavy atom. The van der Waals surface area contributed by atoms with Crippen molar-refractivity contribution in [2.24, 2.45) is 0 Å². The third kappa shape index (κ3) is 5.20. The summed E-state index contributed by atoms with van der Waals surface area (Å²) < 4.78 is 1.94. The molecule has 0 spiro atoms. The maximum atomic E-state index is 13.1. The number of benzene rings is 2. The summed E-state index contributed by atoms with van der Waals surface area (Å²) in [6.07, 6.45) is 7.80. The van der Waals surface area contributed by atoms with Crippen molar-refractivity contribution >= 4 is 22.5 Å². The highest BCUT2D eigenvalue weighted by Gasteiger charge is 2.26. The lowest BCUT2D eigenvalue weighted by Crippen LogP contribution is -2.26. The molecule has 7 nitrogen and oxygen atoms in total. The molecule has 0 atom stereocenters. The number of aliphatic hydroxyl groups excluding tert-OH is 1. The summed E-state index contributed by atoms with van der Waals surface area (Å²) in [5.41, 5.74) is 5.52. The van der Waals surface area contributed by atoms with E-state index in [2.05, 4.69) is 34.7 Å². The molecule has 1 aliphatic carbocycles. The molecule has 1 amide bonds. The van der Waals surface area contributed by atoms with Gasteiger partial charge in [0.25, 0.3) is 5.91 Å². The van der Waals surface area contributed by atoms with Gasteiger partial charge in [-0.15, -0.1) is 0 Å². The van der Waals surface area contributed by atoms with Gasteiger partial charge in [0, 0.05) is 42.5 Å². The minimum atomic E-state index is -0.120. The second-order valence-electron chi connectivity index (χ2n) is 9.14. The number of carbonyl (C=O) groups excluding carboxylic acids is 1. The molecule has 0 saturated heterocycles. The van der Waals surface area contributed by atoms with E-state index in [0.717, 1.165) is 71.2 Å². The lowest BCUT2D eigenvalue weighted by Gasteiger charge is -2.17. The number of aromatic nitrogens is 3. The summed E-state index contributed by atoms with van der Waals surface area (Å²) in [5, 5.41) is 22.3. The Hall–Kier alpha value is -3.71. The number of anilines is 1. The molecule has 1 fully saturated rings. The van der Waals surface area contributed by atoms with Crippen LogP contribution in [0.15, 0.2) is 60.9 Å². The lowest BCUT2D eigenvalue weighted by molar-refractivity contribution is 0.0951. The summed E-state index contributed by atoms with van der Waals surface area (Å²) in [7, 11) is 0. The van der Waals surface area contributed by atoms with Gasteiger partial charge in [0.05, 0.1) is 29.1 Å². The smallest absolute Gasteiger partial charge is 0.255 e. The van der Waals surface area contributed by atoms with E-state index in [1.165, 1.54) is 0 Å². The van der Waals surface area contributed by atoms with Crippen LogP contribution >= 0.6 is 0 Å². The van der Waals surface area contributed by atoms with Crippen LogP contribution in [0.1, 0.15) is 54.1 Å². The maximum Gasteiger partial charge on any atom is 0.255 e. The molecule has 5 rings (SSSR count). The van der Waals surface area contributed by atoms with E-state index < -0.39 is 0 Å². The van der Waals surface area contributed by atoms with Crippen molar-refractivity contribution in [2.75, 3.05) is 5.32 Å². The molecule has 4 aromatic rings. The molecule has 1 saturated carbocycles. The van der Waals surface area contributed by atoms with Crippen LogP contribution in [0.4, 0.5) is 5.69 Å². The normalized spacial score (nSPS) is 13.2. The zero-order chi connectivity index (χ0) is 24.2. The van der Waals surface area contributed by atoms with E-state index in [0.29, 0.717) is 12.1 Å². The van der Waals surface area contributed by atoms with Crippen molar-refractivity contribution in [3.63, 3.8) is 0 Å². The summed E-state index contributed by atoms with van der Waals surface area (Å²) in [6, 6.07) is 16.2. The van der Waals surface area contributed by atoms with E-state index in [-0.39, 0.29) is 18.6 Å². The number of carbonyl (C=O) groups is 1. The molecular weight excluding hydrogens is 438 g/mol. The molecule has 2 aromatic heterocycles. The number of unbranched alkanes of at least 4 members (excludes halogenated alkanes) is 1. The molecule has 2 heterocycles. The molecule has 0 aliphatic heterocycles. The number of amides is 1. The first kappa shape index (κ1) is 23.1. The van der Waals surface area contributed by atoms with Crippen molar-refractivity contribution in [1.82, 2.24) is 20.1 Å². The van der Waals surface area contributed by atoms with Gasteiger partial charge in [-0.1, -0.05) is 43.7 Å². The van der Waals surface area contributed by atoms with Crippen LogP contribution in [0, 0.1) is 0 Å². The van der Waals surface area contributed by atoms with Crippen LogP contribution in [0.3, 0.4) is 0 Å². The second kappa shape index (κ2) is 10.3. The Morgan fingerprint density at radius 3 is 2.74 bits per heavy atom. The van der Waals surface area contributed by atoms with Gasteiger partial charge in [0.15, 0.2) is 0 Å². The summed E-state index contributed by atoms with van der Waals surface area (Å²) in [4.78, 5) is 17.7. The van der Waals surface area contributed by atoms with Crippen molar-refractivity contribution in [3.05, 3.63) is 77.6 Å². The maximum absolute atomic E-state index is 13.1. The number of hydrogen-bond acceptors (Lipinski definition) is 5. The number of nitrogens with one attached hydrogen (secondary N) is 2. The highest BCUT2D eigenvalue weighted by molar-refractivity contribution is 6.08. The van der Waals surface area contributed by atoms with Crippen molar-refractivity contribution < 1.29 is 9.90 Å². The molecule has 0 radical (unpaired) electrons. The number of hydrogen-bond donors (Lipinski definition) is 3. The number of aryl methyl sites for hydroxylation is 1. The van der Waals surface area contributed by atoms with Crippen LogP contribution in [0.25, 0.3) is 22.2 Å². The van der Waals surface area contributed by atoms with Gasteiger partial charge in [-0.05, 0) is 48.6 Å². The zero-order valence-electron chi connectivity index (χ0n) is 20.0. The summed E-state index contributed by atoms with van der Waals surface area (Å²) >= 11 is 0. The predicted molar refractivity (Wildman–Crippen MR) is 138 cm³/mol. The van der Waals surface area contributed by atoms with Gasteiger partial charge in [-0.2, -0.15) is 5.10 Å². The average Bonchev–Trinajstić information content (AvgIpc) is 3.58. The Morgan fingerprint density at radius 2 is 2.00 bits per heavy atom. The number of nitrogens with zero attached hydrogens (tertiary/aromatic N) is 3. The quantitative estimate of drug-likeness (QED) is 0.307. The molecule has 1 aliphatic rings. The van der Waals surface area contributed by atoms with Crippen LogP contribution in [-0.4, -0.2) is 31.8 Å². The Bertz CT molecular complexity index is 1330. The SMILES string of the molecule is CCCCn1ccc(-c2cc3c(NCc4ccccc4)c(C(=O)NC4CC4)cnc3cc2CO)n1. The topological polar surface area (TPSA) is 92.1 Å². The first-order chi connectivity index (χ1) is 17.2. The number of pyridine rings is 1. The third-order valence-electron chi connectivity index (χ3n) is 6.39. The molecule has 3 N–H and O–H groups in total. The molecule has 0 unspecified atom stereocenters. The first-order valence-corrected chi connectivity index (χ1v) is 12.3. The van der Waals surface area contributed by atoms with Gasteiger partial charge < -0.3 is 15.7 Å².